The molecule has 1 N–H and O–H groups in total. The number of rotatable bonds is 4. The Morgan fingerprint density at radius 1 is 1.25 bits per heavy atom. The molecule has 0 fully saturated rings. The van der Waals surface area contributed by atoms with E-state index in [0.29, 0.717) is 11.1 Å². The summed E-state index contributed by atoms with van der Waals surface area (Å²) in [6, 6.07) is 6.78. The Labute approximate surface area is 121 Å². The summed E-state index contributed by atoms with van der Waals surface area (Å²) in [6.07, 6.45) is 0. The summed E-state index contributed by atoms with van der Waals surface area (Å²) in [5, 5.41) is 10.6. The molecule has 4 nitrogen and oxygen atoms in total. The number of carboxylic acids is 1. The van der Waals surface area contributed by atoms with Crippen molar-refractivity contribution in [2.75, 3.05) is 0 Å². The zero-order valence-corrected chi connectivity index (χ0v) is 12.7. The summed E-state index contributed by atoms with van der Waals surface area (Å²) in [7, 11) is -3.55. The third-order valence-electron chi connectivity index (χ3n) is 2.97. The molecule has 1 aromatic heterocycles. The van der Waals surface area contributed by atoms with Gasteiger partial charge in [-0.05, 0) is 48.1 Å². The van der Waals surface area contributed by atoms with Crippen molar-refractivity contribution < 1.29 is 18.3 Å². The molecule has 1 heterocycles. The number of carboxylic acid groups (broad SMARTS) is 1. The van der Waals surface area contributed by atoms with Crippen LogP contribution in [0.3, 0.4) is 0 Å². The van der Waals surface area contributed by atoms with E-state index in [-0.39, 0.29) is 15.5 Å². The molecular weight excluding hydrogens is 296 g/mol. The van der Waals surface area contributed by atoms with E-state index in [2.05, 4.69) is 0 Å². The summed E-state index contributed by atoms with van der Waals surface area (Å²) >= 11 is 1.04. The van der Waals surface area contributed by atoms with Gasteiger partial charge in [0.1, 0.15) is 4.88 Å². The highest BCUT2D eigenvalue weighted by Gasteiger charge is 2.22. The van der Waals surface area contributed by atoms with Crippen molar-refractivity contribution in [3.63, 3.8) is 0 Å². The lowest BCUT2D eigenvalue weighted by molar-refractivity contribution is 0.0701. The lowest BCUT2D eigenvalue weighted by Gasteiger charge is -2.08. The first kappa shape index (κ1) is 14.7. The number of thiophene rings is 1. The van der Waals surface area contributed by atoms with Gasteiger partial charge in [-0.25, -0.2) is 13.2 Å². The highest BCUT2D eigenvalue weighted by Crippen LogP contribution is 2.25. The number of carbonyl (C=O) groups is 1. The third kappa shape index (κ3) is 2.91. The van der Waals surface area contributed by atoms with Crippen molar-refractivity contribution in [1.29, 1.82) is 0 Å². The Balaban J connectivity index is 2.44. The topological polar surface area (TPSA) is 71.4 Å². The molecule has 0 radical (unpaired) electrons. The standard InChI is InChI=1S/C14H14O4S2/c1-9-3-4-10(2)12(7-9)20(17,18)8-11-5-6-19-13(11)14(15)16/h3-7H,8H2,1-2H3,(H,15,16). The minimum Gasteiger partial charge on any atom is -0.477 e. The van der Waals surface area contributed by atoms with E-state index < -0.39 is 15.8 Å². The average molecular weight is 310 g/mol. The summed E-state index contributed by atoms with van der Waals surface area (Å²) in [4.78, 5) is 11.4. The number of benzene rings is 1. The minimum absolute atomic E-state index is 0.0823. The molecule has 0 unspecified atom stereocenters. The van der Waals surface area contributed by atoms with Crippen LogP contribution in [0.25, 0.3) is 0 Å². The second kappa shape index (κ2) is 5.38. The predicted molar refractivity (Wildman–Crippen MR) is 78.1 cm³/mol. The summed E-state index contributed by atoms with van der Waals surface area (Å²) in [5.74, 6) is -1.38. The molecule has 0 saturated carbocycles. The first-order valence-electron chi connectivity index (χ1n) is 5.91. The van der Waals surface area contributed by atoms with E-state index in [1.54, 1.807) is 30.5 Å². The van der Waals surface area contributed by atoms with Gasteiger partial charge in [0.2, 0.25) is 0 Å². The Bertz CT molecular complexity index is 757. The van der Waals surface area contributed by atoms with Gasteiger partial charge < -0.3 is 5.11 Å². The van der Waals surface area contributed by atoms with E-state index in [4.69, 9.17) is 5.11 Å². The molecule has 2 aromatic rings. The molecule has 0 aliphatic rings. The maximum atomic E-state index is 12.5. The van der Waals surface area contributed by atoms with E-state index in [1.807, 2.05) is 13.0 Å². The molecule has 0 atom stereocenters. The SMILES string of the molecule is Cc1ccc(C)c(S(=O)(=O)Cc2ccsc2C(=O)O)c1. The third-order valence-corrected chi connectivity index (χ3v) is 5.71. The maximum Gasteiger partial charge on any atom is 0.346 e. The van der Waals surface area contributed by atoms with Gasteiger partial charge in [-0.1, -0.05) is 12.1 Å². The molecule has 0 saturated heterocycles. The van der Waals surface area contributed by atoms with Crippen molar-refractivity contribution in [2.24, 2.45) is 0 Å². The first-order chi connectivity index (χ1) is 9.31. The van der Waals surface area contributed by atoms with E-state index in [9.17, 15) is 13.2 Å². The number of sulfone groups is 1. The zero-order valence-electron chi connectivity index (χ0n) is 11.1. The van der Waals surface area contributed by atoms with Crippen molar-refractivity contribution >= 4 is 27.1 Å². The number of aromatic carboxylic acids is 1. The van der Waals surface area contributed by atoms with Crippen LogP contribution in [0.4, 0.5) is 0 Å². The molecule has 1 aromatic carbocycles. The molecule has 0 aliphatic carbocycles. The first-order valence-corrected chi connectivity index (χ1v) is 8.44. The smallest absolute Gasteiger partial charge is 0.346 e. The van der Waals surface area contributed by atoms with Crippen LogP contribution in [-0.2, 0) is 15.6 Å². The molecule has 6 heteroatoms. The Morgan fingerprint density at radius 2 is 1.95 bits per heavy atom. The highest BCUT2D eigenvalue weighted by molar-refractivity contribution is 7.90. The number of hydrogen-bond acceptors (Lipinski definition) is 4. The van der Waals surface area contributed by atoms with Crippen LogP contribution in [0.2, 0.25) is 0 Å². The molecule has 0 amide bonds. The van der Waals surface area contributed by atoms with Gasteiger partial charge >= 0.3 is 5.97 Å². The molecule has 106 valence electrons. The van der Waals surface area contributed by atoms with Gasteiger partial charge in [-0.2, -0.15) is 0 Å². The van der Waals surface area contributed by atoms with Crippen molar-refractivity contribution in [3.8, 4) is 0 Å². The van der Waals surface area contributed by atoms with Crippen LogP contribution in [0.5, 0.6) is 0 Å². The highest BCUT2D eigenvalue weighted by atomic mass is 32.2. The minimum atomic E-state index is -3.55. The number of hydrogen-bond donors (Lipinski definition) is 1. The summed E-state index contributed by atoms with van der Waals surface area (Å²) < 4.78 is 24.9. The van der Waals surface area contributed by atoms with Crippen LogP contribution >= 0.6 is 11.3 Å². The van der Waals surface area contributed by atoms with Gasteiger partial charge in [-0.15, -0.1) is 11.3 Å². The quantitative estimate of drug-likeness (QED) is 0.942. The second-order valence-corrected chi connectivity index (χ2v) is 7.48. The Morgan fingerprint density at radius 3 is 2.60 bits per heavy atom. The largest absolute Gasteiger partial charge is 0.477 e. The van der Waals surface area contributed by atoms with Crippen molar-refractivity contribution in [2.45, 2.75) is 24.5 Å². The van der Waals surface area contributed by atoms with Crippen LogP contribution in [0.1, 0.15) is 26.4 Å². The molecule has 0 bridgehead atoms. The summed E-state index contributed by atoms with van der Waals surface area (Å²) in [6.45, 7) is 3.56. The van der Waals surface area contributed by atoms with Crippen LogP contribution < -0.4 is 0 Å². The lowest BCUT2D eigenvalue weighted by atomic mass is 10.2. The fourth-order valence-electron chi connectivity index (χ4n) is 1.96. The molecular formula is C14H14O4S2. The molecule has 20 heavy (non-hydrogen) atoms. The van der Waals surface area contributed by atoms with Gasteiger partial charge in [0.05, 0.1) is 10.6 Å². The number of aryl methyl sites for hydroxylation is 2. The molecule has 0 spiro atoms. The zero-order chi connectivity index (χ0) is 14.9. The van der Waals surface area contributed by atoms with E-state index in [0.717, 1.165) is 16.9 Å². The van der Waals surface area contributed by atoms with Gasteiger partial charge in [0.25, 0.3) is 0 Å². The molecule has 2 rings (SSSR count). The van der Waals surface area contributed by atoms with Crippen molar-refractivity contribution in [1.82, 2.24) is 0 Å². The monoisotopic (exact) mass is 310 g/mol. The van der Waals surface area contributed by atoms with Gasteiger partial charge in [0.15, 0.2) is 9.84 Å². The fourth-order valence-corrected chi connectivity index (χ4v) is 4.54. The fraction of sp³-hybridized carbons (Fsp3) is 0.214. The average Bonchev–Trinajstić information content (AvgIpc) is 2.79. The van der Waals surface area contributed by atoms with Crippen molar-refractivity contribution in [3.05, 3.63) is 51.2 Å². The lowest BCUT2D eigenvalue weighted by Crippen LogP contribution is -2.09. The molecule has 0 aliphatic heterocycles. The second-order valence-electron chi connectivity index (χ2n) is 4.61. The Kier molecular flexibility index (Phi) is 3.96. The normalized spacial score (nSPS) is 11.5. The van der Waals surface area contributed by atoms with Crippen LogP contribution in [0, 0.1) is 13.8 Å². The van der Waals surface area contributed by atoms with E-state index >= 15 is 0 Å². The Hall–Kier alpha value is -1.66. The van der Waals surface area contributed by atoms with Crippen LogP contribution in [0.15, 0.2) is 34.5 Å². The predicted octanol–water partition coefficient (Wildman–Crippen LogP) is 3.04. The van der Waals surface area contributed by atoms with Gasteiger partial charge in [-0.3, -0.25) is 0 Å². The van der Waals surface area contributed by atoms with Gasteiger partial charge in [0, 0.05) is 0 Å². The maximum absolute atomic E-state index is 12.5. The summed E-state index contributed by atoms with van der Waals surface area (Å²) in [5.41, 5.74) is 1.86. The van der Waals surface area contributed by atoms with E-state index in [1.165, 1.54) is 0 Å². The van der Waals surface area contributed by atoms with Crippen LogP contribution in [-0.4, -0.2) is 19.5 Å².